The molecule has 13 heavy (non-hydrogen) atoms. The summed E-state index contributed by atoms with van der Waals surface area (Å²) in [4.78, 5) is 11.7. The van der Waals surface area contributed by atoms with Gasteiger partial charge in [-0.15, -0.1) is 11.8 Å². The van der Waals surface area contributed by atoms with Gasteiger partial charge in [0.05, 0.1) is 0 Å². The average molecular weight is 195 g/mol. The highest BCUT2D eigenvalue weighted by atomic mass is 32.2. The lowest BCUT2D eigenvalue weighted by Crippen LogP contribution is -2.10. The van der Waals surface area contributed by atoms with Gasteiger partial charge in [-0.05, 0) is 18.6 Å². The molecule has 0 radical (unpaired) electrons. The topological polar surface area (TPSA) is 43.1 Å². The second-order valence-electron chi connectivity index (χ2n) is 2.83. The summed E-state index contributed by atoms with van der Waals surface area (Å²) < 4.78 is 0. The van der Waals surface area contributed by atoms with Crippen molar-refractivity contribution in [3.8, 4) is 0 Å². The number of hydrogen-bond donors (Lipinski definition) is 1. The summed E-state index contributed by atoms with van der Waals surface area (Å²) in [5.41, 5.74) is 6.29. The molecular weight excluding hydrogens is 182 g/mol. The number of rotatable bonds is 4. The highest BCUT2D eigenvalue weighted by Crippen LogP contribution is 2.21. The fourth-order valence-electron chi connectivity index (χ4n) is 0.980. The van der Waals surface area contributed by atoms with Crippen molar-refractivity contribution in [3.05, 3.63) is 29.8 Å². The highest BCUT2D eigenvalue weighted by Gasteiger charge is 1.99. The zero-order valence-corrected chi connectivity index (χ0v) is 8.43. The van der Waals surface area contributed by atoms with E-state index >= 15 is 0 Å². The molecule has 0 aliphatic rings. The van der Waals surface area contributed by atoms with Crippen LogP contribution in [0, 0.1) is 6.92 Å². The van der Waals surface area contributed by atoms with Gasteiger partial charge in [0.15, 0.2) is 0 Å². The standard InChI is InChI=1S/C10H13NOS/c1-8-4-2-3-5-9(8)13-7-6-10(11)12/h2-5H,6-7H2,1H3,(H2,11,12). The molecule has 0 saturated carbocycles. The van der Waals surface area contributed by atoms with Gasteiger partial charge in [0, 0.05) is 17.1 Å². The summed E-state index contributed by atoms with van der Waals surface area (Å²) in [5.74, 6) is 0.529. The molecule has 0 aliphatic heterocycles. The van der Waals surface area contributed by atoms with Crippen LogP contribution in [0.5, 0.6) is 0 Å². The van der Waals surface area contributed by atoms with Crippen LogP contribution in [-0.4, -0.2) is 11.7 Å². The number of amides is 1. The molecule has 3 heteroatoms. The van der Waals surface area contributed by atoms with E-state index in [2.05, 4.69) is 19.1 Å². The quantitative estimate of drug-likeness (QED) is 0.746. The number of thioether (sulfide) groups is 1. The Balaban J connectivity index is 2.45. The predicted octanol–water partition coefficient (Wildman–Crippen LogP) is 1.96. The molecule has 1 amide bonds. The first-order valence-corrected chi connectivity index (χ1v) is 5.15. The van der Waals surface area contributed by atoms with Gasteiger partial charge >= 0.3 is 0 Å². The van der Waals surface area contributed by atoms with E-state index in [4.69, 9.17) is 5.73 Å². The Kier molecular flexibility index (Phi) is 3.83. The van der Waals surface area contributed by atoms with E-state index in [1.54, 1.807) is 11.8 Å². The summed E-state index contributed by atoms with van der Waals surface area (Å²) in [6, 6.07) is 8.13. The number of aryl methyl sites for hydroxylation is 1. The smallest absolute Gasteiger partial charge is 0.218 e. The third-order valence-electron chi connectivity index (χ3n) is 1.70. The largest absolute Gasteiger partial charge is 0.370 e. The van der Waals surface area contributed by atoms with Crippen LogP contribution in [0.3, 0.4) is 0 Å². The first-order valence-electron chi connectivity index (χ1n) is 4.17. The monoisotopic (exact) mass is 195 g/mol. The van der Waals surface area contributed by atoms with Crippen LogP contribution in [0.15, 0.2) is 29.2 Å². The van der Waals surface area contributed by atoms with E-state index in [0.29, 0.717) is 6.42 Å². The molecule has 1 aromatic carbocycles. The number of hydrogen-bond acceptors (Lipinski definition) is 2. The number of benzene rings is 1. The number of carbonyl (C=O) groups excluding carboxylic acids is 1. The van der Waals surface area contributed by atoms with Crippen LogP contribution in [0.1, 0.15) is 12.0 Å². The van der Waals surface area contributed by atoms with Crippen molar-refractivity contribution in [1.82, 2.24) is 0 Å². The molecular formula is C10H13NOS. The van der Waals surface area contributed by atoms with Crippen molar-refractivity contribution < 1.29 is 4.79 Å². The molecule has 0 saturated heterocycles. The maximum absolute atomic E-state index is 10.5. The van der Waals surface area contributed by atoms with Gasteiger partial charge in [-0.25, -0.2) is 0 Å². The van der Waals surface area contributed by atoms with Crippen LogP contribution in [-0.2, 0) is 4.79 Å². The number of primary amides is 1. The van der Waals surface area contributed by atoms with E-state index in [-0.39, 0.29) is 5.91 Å². The van der Waals surface area contributed by atoms with Gasteiger partial charge in [0.2, 0.25) is 5.91 Å². The first-order chi connectivity index (χ1) is 6.20. The summed E-state index contributed by atoms with van der Waals surface area (Å²) in [5, 5.41) is 0. The van der Waals surface area contributed by atoms with E-state index in [1.165, 1.54) is 10.5 Å². The van der Waals surface area contributed by atoms with E-state index in [1.807, 2.05) is 12.1 Å². The minimum absolute atomic E-state index is 0.235. The summed E-state index contributed by atoms with van der Waals surface area (Å²) in [6.07, 6.45) is 0.443. The molecule has 0 aromatic heterocycles. The molecule has 1 rings (SSSR count). The molecule has 0 aliphatic carbocycles. The average Bonchev–Trinajstić information content (AvgIpc) is 2.08. The summed E-state index contributed by atoms with van der Waals surface area (Å²) >= 11 is 1.67. The Bertz CT molecular complexity index is 299. The van der Waals surface area contributed by atoms with Crippen LogP contribution < -0.4 is 5.73 Å². The molecule has 1 aromatic rings. The molecule has 0 heterocycles. The summed E-state index contributed by atoms with van der Waals surface area (Å²) in [7, 11) is 0. The maximum Gasteiger partial charge on any atom is 0.218 e. The summed E-state index contributed by atoms with van der Waals surface area (Å²) in [6.45, 7) is 2.06. The Morgan fingerprint density at radius 2 is 2.15 bits per heavy atom. The van der Waals surface area contributed by atoms with Crippen molar-refractivity contribution in [1.29, 1.82) is 0 Å². The maximum atomic E-state index is 10.5. The minimum Gasteiger partial charge on any atom is -0.370 e. The number of nitrogens with two attached hydrogens (primary N) is 1. The van der Waals surface area contributed by atoms with Crippen LogP contribution in [0.2, 0.25) is 0 Å². The molecule has 70 valence electrons. The zero-order chi connectivity index (χ0) is 9.68. The second kappa shape index (κ2) is 4.92. The lowest BCUT2D eigenvalue weighted by Gasteiger charge is -2.02. The molecule has 0 spiro atoms. The highest BCUT2D eigenvalue weighted by molar-refractivity contribution is 7.99. The first kappa shape index (κ1) is 10.1. The molecule has 0 fully saturated rings. The lowest BCUT2D eigenvalue weighted by molar-refractivity contribution is -0.117. The van der Waals surface area contributed by atoms with Crippen molar-refractivity contribution in [2.24, 2.45) is 5.73 Å². The van der Waals surface area contributed by atoms with Gasteiger partial charge in [-0.1, -0.05) is 18.2 Å². The normalized spacial score (nSPS) is 9.92. The van der Waals surface area contributed by atoms with Crippen molar-refractivity contribution >= 4 is 17.7 Å². The Labute approximate surface area is 82.5 Å². The molecule has 2 N–H and O–H groups in total. The van der Waals surface area contributed by atoms with Crippen LogP contribution in [0.25, 0.3) is 0 Å². The number of carbonyl (C=O) groups is 1. The third-order valence-corrected chi connectivity index (χ3v) is 2.88. The fourth-order valence-corrected chi connectivity index (χ4v) is 1.97. The Morgan fingerprint density at radius 3 is 2.77 bits per heavy atom. The van der Waals surface area contributed by atoms with Gasteiger partial charge in [-0.3, -0.25) is 4.79 Å². The lowest BCUT2D eigenvalue weighted by atomic mass is 10.2. The van der Waals surface area contributed by atoms with Crippen molar-refractivity contribution in [2.45, 2.75) is 18.2 Å². The van der Waals surface area contributed by atoms with Gasteiger partial charge < -0.3 is 5.73 Å². The van der Waals surface area contributed by atoms with E-state index in [9.17, 15) is 4.79 Å². The SMILES string of the molecule is Cc1ccccc1SCCC(N)=O. The zero-order valence-electron chi connectivity index (χ0n) is 7.62. The van der Waals surface area contributed by atoms with E-state index < -0.39 is 0 Å². The molecule has 0 atom stereocenters. The van der Waals surface area contributed by atoms with Gasteiger partial charge in [0.25, 0.3) is 0 Å². The van der Waals surface area contributed by atoms with Crippen molar-refractivity contribution in [3.63, 3.8) is 0 Å². The second-order valence-corrected chi connectivity index (χ2v) is 3.97. The third kappa shape index (κ3) is 3.51. The van der Waals surface area contributed by atoms with Crippen molar-refractivity contribution in [2.75, 3.05) is 5.75 Å². The predicted molar refractivity (Wildman–Crippen MR) is 55.7 cm³/mol. The van der Waals surface area contributed by atoms with Gasteiger partial charge in [-0.2, -0.15) is 0 Å². The van der Waals surface area contributed by atoms with E-state index in [0.717, 1.165) is 5.75 Å². The molecule has 2 nitrogen and oxygen atoms in total. The minimum atomic E-state index is -0.235. The van der Waals surface area contributed by atoms with Crippen LogP contribution >= 0.6 is 11.8 Å². The van der Waals surface area contributed by atoms with Crippen LogP contribution in [0.4, 0.5) is 0 Å². The molecule has 0 unspecified atom stereocenters. The fraction of sp³-hybridized carbons (Fsp3) is 0.300. The Morgan fingerprint density at radius 1 is 1.46 bits per heavy atom. The van der Waals surface area contributed by atoms with Gasteiger partial charge in [0.1, 0.15) is 0 Å². The Hall–Kier alpha value is -0.960. The molecule has 0 bridgehead atoms.